The number of nitrogens with zero attached hydrogens (tertiary/aromatic N) is 1. The summed E-state index contributed by atoms with van der Waals surface area (Å²) in [5.74, 6) is 1.27. The van der Waals surface area contributed by atoms with Gasteiger partial charge in [-0.15, -0.1) is 12.4 Å². The van der Waals surface area contributed by atoms with E-state index in [9.17, 15) is 4.79 Å². The number of piperidine rings is 1. The van der Waals surface area contributed by atoms with Crippen LogP contribution in [-0.4, -0.2) is 30.9 Å². The molecule has 102 valence electrons. The summed E-state index contributed by atoms with van der Waals surface area (Å²) in [4.78, 5) is 14.0. The molecule has 1 aromatic heterocycles. The Morgan fingerprint density at radius 3 is 2.94 bits per heavy atom. The molecule has 2 rings (SSSR count). The molecular weight excluding hydrogens is 252 g/mol. The molecule has 1 amide bonds. The number of hydrogen-bond donors (Lipinski definition) is 1. The maximum Gasteiger partial charge on any atom is 0.227 e. The summed E-state index contributed by atoms with van der Waals surface area (Å²) in [5.41, 5.74) is 1.09. The molecule has 1 fully saturated rings. The van der Waals surface area contributed by atoms with E-state index in [0.29, 0.717) is 6.54 Å². The fourth-order valence-corrected chi connectivity index (χ4v) is 2.28. The smallest absolute Gasteiger partial charge is 0.227 e. The van der Waals surface area contributed by atoms with Crippen molar-refractivity contribution in [3.05, 3.63) is 23.7 Å². The first-order valence-corrected chi connectivity index (χ1v) is 6.17. The summed E-state index contributed by atoms with van der Waals surface area (Å²) in [5, 5.41) is 3.27. The van der Waals surface area contributed by atoms with Gasteiger partial charge >= 0.3 is 0 Å². The summed E-state index contributed by atoms with van der Waals surface area (Å²) in [6.45, 7) is 4.41. The summed E-state index contributed by atoms with van der Waals surface area (Å²) < 4.78 is 5.24. The lowest BCUT2D eigenvalue weighted by Gasteiger charge is -2.26. The van der Waals surface area contributed by atoms with Crippen LogP contribution in [0.3, 0.4) is 0 Å². The lowest BCUT2D eigenvalue weighted by Crippen LogP contribution is -2.41. The number of carbonyl (C=O) groups excluding carboxylic acids is 1. The first-order valence-electron chi connectivity index (χ1n) is 6.17. The molecule has 0 radical (unpaired) electrons. The van der Waals surface area contributed by atoms with Crippen LogP contribution in [0.25, 0.3) is 0 Å². The Bertz CT molecular complexity index is 386. The highest BCUT2D eigenvalue weighted by Crippen LogP contribution is 2.16. The van der Waals surface area contributed by atoms with Crippen molar-refractivity contribution >= 4 is 18.3 Å². The van der Waals surface area contributed by atoms with E-state index in [1.807, 2.05) is 20.0 Å². The van der Waals surface area contributed by atoms with Gasteiger partial charge in [-0.3, -0.25) is 4.79 Å². The highest BCUT2D eigenvalue weighted by molar-refractivity contribution is 5.85. The van der Waals surface area contributed by atoms with E-state index in [1.54, 1.807) is 11.2 Å². The predicted molar refractivity (Wildman–Crippen MR) is 72.8 cm³/mol. The van der Waals surface area contributed by atoms with Crippen LogP contribution < -0.4 is 5.32 Å². The van der Waals surface area contributed by atoms with Crippen molar-refractivity contribution < 1.29 is 9.21 Å². The summed E-state index contributed by atoms with van der Waals surface area (Å²) in [6.07, 6.45) is 3.76. The fourth-order valence-electron chi connectivity index (χ4n) is 2.28. The summed E-state index contributed by atoms with van der Waals surface area (Å²) >= 11 is 0. The molecule has 0 unspecified atom stereocenters. The van der Waals surface area contributed by atoms with Gasteiger partial charge in [-0.25, -0.2) is 0 Å². The van der Waals surface area contributed by atoms with Crippen molar-refractivity contribution in [1.82, 2.24) is 10.2 Å². The van der Waals surface area contributed by atoms with Gasteiger partial charge in [0.25, 0.3) is 0 Å². The highest BCUT2D eigenvalue weighted by atomic mass is 35.5. The first kappa shape index (κ1) is 15.1. The molecule has 0 aromatic carbocycles. The maximum atomic E-state index is 12.2. The number of amides is 1. The lowest BCUT2D eigenvalue weighted by molar-refractivity contribution is -0.135. The standard InChI is InChI=1S/C13H20N2O2.ClH/c1-10-12(5-7-17-10)9-15(2)13(16)11-4-3-6-14-8-11;/h5,7,11,14H,3-4,6,8-9H2,1-2H3;1H/t11-;/m1./s1. The number of halogens is 1. The van der Waals surface area contributed by atoms with Crippen LogP contribution in [0.5, 0.6) is 0 Å². The lowest BCUT2D eigenvalue weighted by atomic mass is 9.98. The third-order valence-corrected chi connectivity index (χ3v) is 3.40. The van der Waals surface area contributed by atoms with E-state index >= 15 is 0 Å². The number of aryl methyl sites for hydroxylation is 1. The third kappa shape index (κ3) is 3.50. The minimum absolute atomic E-state index is 0. The monoisotopic (exact) mass is 272 g/mol. The van der Waals surface area contributed by atoms with Crippen LogP contribution in [0.4, 0.5) is 0 Å². The SMILES string of the molecule is Cc1occc1CN(C)C(=O)[C@@H]1CCCNC1.Cl. The Kier molecular flexibility index (Phi) is 5.69. The van der Waals surface area contributed by atoms with E-state index in [-0.39, 0.29) is 24.2 Å². The van der Waals surface area contributed by atoms with Gasteiger partial charge in [0.1, 0.15) is 5.76 Å². The molecule has 1 atom stereocenters. The quantitative estimate of drug-likeness (QED) is 0.915. The zero-order chi connectivity index (χ0) is 12.3. The molecule has 1 aliphatic heterocycles. The van der Waals surface area contributed by atoms with Gasteiger partial charge in [0.15, 0.2) is 0 Å². The van der Waals surface area contributed by atoms with Crippen molar-refractivity contribution in [2.45, 2.75) is 26.3 Å². The molecule has 0 aliphatic carbocycles. The Morgan fingerprint density at radius 1 is 1.61 bits per heavy atom. The van der Waals surface area contributed by atoms with Crippen LogP contribution in [0, 0.1) is 12.8 Å². The zero-order valence-corrected chi connectivity index (χ0v) is 11.8. The van der Waals surface area contributed by atoms with Crippen molar-refractivity contribution in [3.8, 4) is 0 Å². The van der Waals surface area contributed by atoms with Crippen molar-refractivity contribution in [1.29, 1.82) is 0 Å². The average molecular weight is 273 g/mol. The Balaban J connectivity index is 0.00000162. The zero-order valence-electron chi connectivity index (χ0n) is 10.9. The Hall–Kier alpha value is -1.00. The molecule has 1 aliphatic rings. The number of carbonyl (C=O) groups is 1. The molecule has 18 heavy (non-hydrogen) atoms. The molecule has 5 heteroatoms. The molecular formula is C13H21ClN2O2. The minimum atomic E-state index is 0. The van der Waals surface area contributed by atoms with Crippen molar-refractivity contribution in [2.24, 2.45) is 5.92 Å². The van der Waals surface area contributed by atoms with Crippen LogP contribution in [0.1, 0.15) is 24.2 Å². The Morgan fingerprint density at radius 2 is 2.39 bits per heavy atom. The second-order valence-corrected chi connectivity index (χ2v) is 4.74. The van der Waals surface area contributed by atoms with E-state index in [4.69, 9.17) is 4.42 Å². The summed E-state index contributed by atoms with van der Waals surface area (Å²) in [6, 6.07) is 1.93. The van der Waals surface area contributed by atoms with Gasteiger partial charge < -0.3 is 14.6 Å². The van der Waals surface area contributed by atoms with Gasteiger partial charge in [0, 0.05) is 25.7 Å². The van der Waals surface area contributed by atoms with Gasteiger partial charge in [-0.05, 0) is 32.4 Å². The average Bonchev–Trinajstić information content (AvgIpc) is 2.75. The summed E-state index contributed by atoms with van der Waals surface area (Å²) in [7, 11) is 1.86. The molecule has 2 heterocycles. The van der Waals surface area contributed by atoms with Gasteiger partial charge in [-0.1, -0.05) is 0 Å². The second kappa shape index (κ2) is 6.81. The first-order chi connectivity index (χ1) is 8.18. The second-order valence-electron chi connectivity index (χ2n) is 4.74. The van der Waals surface area contributed by atoms with Gasteiger partial charge in [0.05, 0.1) is 12.2 Å². The largest absolute Gasteiger partial charge is 0.469 e. The topological polar surface area (TPSA) is 45.5 Å². The normalized spacial score (nSPS) is 19.1. The minimum Gasteiger partial charge on any atom is -0.469 e. The highest BCUT2D eigenvalue weighted by Gasteiger charge is 2.24. The molecule has 1 saturated heterocycles. The van der Waals surface area contributed by atoms with E-state index in [0.717, 1.165) is 37.3 Å². The van der Waals surface area contributed by atoms with Crippen molar-refractivity contribution in [2.75, 3.05) is 20.1 Å². The molecule has 1 aromatic rings. The predicted octanol–water partition coefficient (Wildman–Crippen LogP) is 1.97. The van der Waals surface area contributed by atoms with Gasteiger partial charge in [-0.2, -0.15) is 0 Å². The number of hydrogen-bond acceptors (Lipinski definition) is 3. The van der Waals surface area contributed by atoms with Crippen molar-refractivity contribution in [3.63, 3.8) is 0 Å². The van der Waals surface area contributed by atoms with Crippen LogP contribution in [0.15, 0.2) is 16.7 Å². The molecule has 4 nitrogen and oxygen atoms in total. The fraction of sp³-hybridized carbons (Fsp3) is 0.615. The maximum absolute atomic E-state index is 12.2. The Labute approximate surface area is 114 Å². The number of nitrogens with one attached hydrogen (secondary N) is 1. The molecule has 0 bridgehead atoms. The van der Waals surface area contributed by atoms with Crippen LogP contribution in [-0.2, 0) is 11.3 Å². The van der Waals surface area contributed by atoms with Gasteiger partial charge in [0.2, 0.25) is 5.91 Å². The van der Waals surface area contributed by atoms with E-state index in [2.05, 4.69) is 5.32 Å². The van der Waals surface area contributed by atoms with E-state index in [1.165, 1.54) is 0 Å². The number of furan rings is 1. The molecule has 1 N–H and O–H groups in total. The number of rotatable bonds is 3. The molecule has 0 spiro atoms. The van der Waals surface area contributed by atoms with Crippen LogP contribution >= 0.6 is 12.4 Å². The third-order valence-electron chi connectivity index (χ3n) is 3.40. The molecule has 0 saturated carbocycles. The van der Waals surface area contributed by atoms with E-state index < -0.39 is 0 Å². The van der Waals surface area contributed by atoms with Crippen LogP contribution in [0.2, 0.25) is 0 Å².